The smallest absolute Gasteiger partial charge is 0.282 e. The third kappa shape index (κ3) is 6.15. The zero-order chi connectivity index (χ0) is 30.7. The SMILES string of the molecule is CC1=NN(c2ccc(S(=O)(=O)O)cc2)C(=O)C1N=Nc1cc2c(S(=O)(=O)O)cc(S(=O)(=O)O)cc2cc1S(=O)(=O)O. The lowest BCUT2D eigenvalue weighted by Crippen LogP contribution is -2.29. The van der Waals surface area contributed by atoms with Crippen molar-refractivity contribution in [2.45, 2.75) is 32.5 Å². The van der Waals surface area contributed by atoms with Crippen LogP contribution in [0.4, 0.5) is 11.4 Å². The van der Waals surface area contributed by atoms with E-state index in [9.17, 15) is 52.1 Å². The maximum atomic E-state index is 13.0. The number of anilines is 1. The first kappa shape index (κ1) is 30.3. The summed E-state index contributed by atoms with van der Waals surface area (Å²) in [4.78, 5) is 9.44. The van der Waals surface area contributed by atoms with Crippen molar-refractivity contribution in [3.8, 4) is 0 Å². The highest BCUT2D eigenvalue weighted by molar-refractivity contribution is 7.87. The van der Waals surface area contributed by atoms with Gasteiger partial charge in [0.25, 0.3) is 46.4 Å². The highest BCUT2D eigenvalue weighted by Gasteiger charge is 2.35. The minimum absolute atomic E-state index is 0.0308. The zero-order valence-electron chi connectivity index (χ0n) is 20.1. The van der Waals surface area contributed by atoms with Gasteiger partial charge in [0.1, 0.15) is 15.5 Å². The molecule has 3 aromatic rings. The van der Waals surface area contributed by atoms with Crippen LogP contribution < -0.4 is 5.01 Å². The molecule has 41 heavy (non-hydrogen) atoms. The number of nitrogens with zero attached hydrogens (tertiary/aromatic N) is 4. The van der Waals surface area contributed by atoms with E-state index in [-0.39, 0.29) is 11.4 Å². The molecule has 21 heteroatoms. The first-order chi connectivity index (χ1) is 18.7. The fourth-order valence-electron chi connectivity index (χ4n) is 3.72. The Morgan fingerprint density at radius 3 is 1.80 bits per heavy atom. The second-order valence-corrected chi connectivity index (χ2v) is 14.0. The molecule has 0 spiro atoms. The van der Waals surface area contributed by atoms with Gasteiger partial charge in [-0.3, -0.25) is 23.0 Å². The third-order valence-corrected chi connectivity index (χ3v) is 9.05. The van der Waals surface area contributed by atoms with Gasteiger partial charge in [-0.1, -0.05) is 0 Å². The number of rotatable bonds is 7. The molecule has 1 amide bonds. The molecule has 17 nitrogen and oxygen atoms in total. The van der Waals surface area contributed by atoms with Crippen LogP contribution >= 0.6 is 0 Å². The monoisotopic (exact) mass is 648 g/mol. The van der Waals surface area contributed by atoms with Gasteiger partial charge in [0.2, 0.25) is 0 Å². The minimum atomic E-state index is -5.17. The van der Waals surface area contributed by atoms with Gasteiger partial charge in [-0.15, -0.1) is 0 Å². The Morgan fingerprint density at radius 1 is 0.732 bits per heavy atom. The second-order valence-electron chi connectivity index (χ2n) is 8.37. The van der Waals surface area contributed by atoms with E-state index in [0.717, 1.165) is 35.3 Å². The van der Waals surface area contributed by atoms with Gasteiger partial charge in [0.15, 0.2) is 6.04 Å². The summed E-state index contributed by atoms with van der Waals surface area (Å²) in [6.07, 6.45) is 0. The van der Waals surface area contributed by atoms with Gasteiger partial charge >= 0.3 is 0 Å². The van der Waals surface area contributed by atoms with Crippen molar-refractivity contribution < 1.29 is 56.7 Å². The molecule has 0 bridgehead atoms. The molecule has 3 aromatic carbocycles. The molecule has 1 atom stereocenters. The predicted molar refractivity (Wildman–Crippen MR) is 139 cm³/mol. The Balaban J connectivity index is 1.82. The average Bonchev–Trinajstić information content (AvgIpc) is 3.12. The van der Waals surface area contributed by atoms with E-state index >= 15 is 0 Å². The summed E-state index contributed by atoms with van der Waals surface area (Å²) in [5.41, 5.74) is -0.625. The van der Waals surface area contributed by atoms with E-state index < -0.39 is 88.5 Å². The van der Waals surface area contributed by atoms with Gasteiger partial charge in [-0.25, -0.2) is 0 Å². The Hall–Kier alpha value is -3.70. The lowest BCUT2D eigenvalue weighted by molar-refractivity contribution is -0.117. The van der Waals surface area contributed by atoms with Gasteiger partial charge in [0.05, 0.1) is 21.2 Å². The number of carbonyl (C=O) groups excluding carboxylic acids is 1. The number of hydrogen-bond acceptors (Lipinski definition) is 12. The highest BCUT2D eigenvalue weighted by Crippen LogP contribution is 2.36. The van der Waals surface area contributed by atoms with Crippen molar-refractivity contribution in [3.63, 3.8) is 0 Å². The number of hydrogen-bond donors (Lipinski definition) is 4. The largest absolute Gasteiger partial charge is 0.296 e. The summed E-state index contributed by atoms with van der Waals surface area (Å²) in [5.74, 6) is -0.837. The third-order valence-electron chi connectivity index (χ3n) is 5.58. The van der Waals surface area contributed by atoms with Crippen LogP contribution in [-0.2, 0) is 45.3 Å². The number of fused-ring (bicyclic) bond motifs is 1. The standard InChI is InChI=1S/C20H16N4O13S4/c1-10-19(20(25)24(23-10)12-2-4-13(5-3-12)38(26,27)28)22-21-16-9-15-11(7-18(16)41(35,36)37)6-14(39(29,30)31)8-17(15)40(32,33)34/h2-9,19H,1H3,(H,26,27,28)(H,29,30,31)(H,32,33,34)(H,35,36,37). The van der Waals surface area contributed by atoms with Gasteiger partial charge in [0, 0.05) is 5.39 Å². The Morgan fingerprint density at radius 2 is 1.29 bits per heavy atom. The van der Waals surface area contributed by atoms with Crippen molar-refractivity contribution in [1.29, 1.82) is 0 Å². The van der Waals surface area contributed by atoms with Gasteiger partial charge < -0.3 is 0 Å². The molecule has 1 aliphatic rings. The van der Waals surface area contributed by atoms with Crippen LogP contribution in [0.2, 0.25) is 0 Å². The molecule has 1 heterocycles. The summed E-state index contributed by atoms with van der Waals surface area (Å²) in [5, 5.41) is 11.3. The van der Waals surface area contributed by atoms with E-state index in [1.54, 1.807) is 0 Å². The molecule has 0 fully saturated rings. The zero-order valence-corrected chi connectivity index (χ0v) is 23.3. The quantitative estimate of drug-likeness (QED) is 0.210. The van der Waals surface area contributed by atoms with Crippen molar-refractivity contribution in [1.82, 2.24) is 0 Å². The number of benzene rings is 3. The average molecular weight is 649 g/mol. The van der Waals surface area contributed by atoms with Crippen LogP contribution in [0, 0.1) is 0 Å². The maximum Gasteiger partial charge on any atom is 0.296 e. The van der Waals surface area contributed by atoms with E-state index in [4.69, 9.17) is 4.55 Å². The first-order valence-electron chi connectivity index (χ1n) is 10.6. The molecule has 0 aromatic heterocycles. The molecule has 0 saturated heterocycles. The molecule has 4 rings (SSSR count). The number of hydrazone groups is 1. The Bertz CT molecular complexity index is 2120. The van der Waals surface area contributed by atoms with Crippen LogP contribution in [0.25, 0.3) is 10.8 Å². The van der Waals surface area contributed by atoms with E-state index in [0.29, 0.717) is 18.2 Å². The molecule has 0 aliphatic carbocycles. The lowest BCUT2D eigenvalue weighted by atomic mass is 10.1. The molecule has 4 N–H and O–H groups in total. The van der Waals surface area contributed by atoms with Crippen LogP contribution in [0.1, 0.15) is 6.92 Å². The molecule has 218 valence electrons. The normalized spacial score (nSPS) is 17.0. The summed E-state index contributed by atoms with van der Waals surface area (Å²) in [7, 11) is -19.8. The van der Waals surface area contributed by atoms with E-state index in [2.05, 4.69) is 15.3 Å². The molecule has 1 unspecified atom stereocenters. The van der Waals surface area contributed by atoms with Crippen LogP contribution in [0.3, 0.4) is 0 Å². The summed E-state index contributed by atoms with van der Waals surface area (Å²) in [6.45, 7) is 1.35. The summed E-state index contributed by atoms with van der Waals surface area (Å²) >= 11 is 0. The topological polar surface area (TPSA) is 275 Å². The van der Waals surface area contributed by atoms with Crippen molar-refractivity contribution in [2.75, 3.05) is 5.01 Å². The van der Waals surface area contributed by atoms with Crippen molar-refractivity contribution in [2.24, 2.45) is 15.3 Å². The van der Waals surface area contributed by atoms with Crippen LogP contribution in [-0.4, -0.2) is 69.5 Å². The first-order valence-corrected chi connectivity index (χ1v) is 16.4. The second kappa shape index (κ2) is 9.99. The van der Waals surface area contributed by atoms with Crippen LogP contribution in [0.15, 0.2) is 83.4 Å². The molecule has 1 aliphatic heterocycles. The van der Waals surface area contributed by atoms with Gasteiger partial charge in [-0.2, -0.15) is 54.0 Å². The lowest BCUT2D eigenvalue weighted by Gasteiger charge is -2.13. The molecule has 0 radical (unpaired) electrons. The minimum Gasteiger partial charge on any atom is -0.282 e. The van der Waals surface area contributed by atoms with Crippen LogP contribution in [0.5, 0.6) is 0 Å². The number of azo groups is 1. The summed E-state index contributed by atoms with van der Waals surface area (Å²) in [6, 6.07) is 5.30. The van der Waals surface area contributed by atoms with E-state index in [1.807, 2.05) is 0 Å². The Labute approximate surface area is 231 Å². The summed E-state index contributed by atoms with van der Waals surface area (Å²) < 4.78 is 132. The van der Waals surface area contributed by atoms with Gasteiger partial charge in [-0.05, 0) is 60.8 Å². The number of carbonyl (C=O) groups is 1. The Kier molecular flexibility index (Phi) is 7.37. The predicted octanol–water partition coefficient (Wildman–Crippen LogP) is 1.70. The highest BCUT2D eigenvalue weighted by atomic mass is 32.2. The number of amides is 1. The fourth-order valence-corrected chi connectivity index (χ4v) is 6.19. The maximum absolute atomic E-state index is 13.0. The van der Waals surface area contributed by atoms with Crippen molar-refractivity contribution in [3.05, 3.63) is 48.5 Å². The fraction of sp³-hybridized carbons (Fsp3) is 0.100. The molecular formula is C20H16N4O13S4. The molecule has 0 saturated carbocycles. The van der Waals surface area contributed by atoms with Crippen molar-refractivity contribution >= 4 is 74.2 Å². The molecular weight excluding hydrogens is 633 g/mol. The van der Waals surface area contributed by atoms with E-state index in [1.165, 1.54) is 6.92 Å².